The van der Waals surface area contributed by atoms with Crippen LogP contribution in [0.4, 0.5) is 17.6 Å². The molecule has 184 valence electrons. The number of fused-ring (bicyclic) bond motifs is 1. The molecule has 35 heavy (non-hydrogen) atoms. The van der Waals surface area contributed by atoms with E-state index in [0.29, 0.717) is 11.1 Å². The first kappa shape index (κ1) is 24.7. The summed E-state index contributed by atoms with van der Waals surface area (Å²) in [4.78, 5) is 4.24. The number of benzene rings is 3. The predicted molar refractivity (Wildman–Crippen MR) is 125 cm³/mol. The Morgan fingerprint density at radius 1 is 0.943 bits per heavy atom. The van der Waals surface area contributed by atoms with E-state index in [-0.39, 0.29) is 17.2 Å². The largest absolute Gasteiger partial charge is 0.496 e. The van der Waals surface area contributed by atoms with Crippen molar-refractivity contribution in [3.63, 3.8) is 0 Å². The van der Waals surface area contributed by atoms with Crippen LogP contribution in [0.1, 0.15) is 31.7 Å². The van der Waals surface area contributed by atoms with E-state index in [4.69, 9.17) is 9.15 Å². The molecule has 1 aromatic heterocycles. The summed E-state index contributed by atoms with van der Waals surface area (Å²) in [6.45, 7) is 3.00. The highest BCUT2D eigenvalue weighted by atomic mass is 19.4. The van der Waals surface area contributed by atoms with E-state index in [2.05, 4.69) is 4.98 Å². The Balaban J connectivity index is 1.68. The topological polar surface area (TPSA) is 55.5 Å². The van der Waals surface area contributed by atoms with E-state index in [0.717, 1.165) is 23.3 Å². The van der Waals surface area contributed by atoms with Gasteiger partial charge in [-0.3, -0.25) is 0 Å². The van der Waals surface area contributed by atoms with Gasteiger partial charge in [-0.15, -0.1) is 0 Å². The summed E-state index contributed by atoms with van der Waals surface area (Å²) in [6.07, 6.45) is -6.66. The zero-order valence-electron chi connectivity index (χ0n) is 19.5. The molecule has 1 unspecified atom stereocenters. The predicted octanol–water partition coefficient (Wildman–Crippen LogP) is 6.85. The third-order valence-corrected chi connectivity index (χ3v) is 6.14. The van der Waals surface area contributed by atoms with Crippen molar-refractivity contribution in [2.24, 2.45) is 0 Å². The van der Waals surface area contributed by atoms with Crippen molar-refractivity contribution in [2.45, 2.75) is 43.9 Å². The molecular formula is C27H25F4NO3. The van der Waals surface area contributed by atoms with Crippen LogP contribution in [-0.4, -0.2) is 29.0 Å². The smallest absolute Gasteiger partial charge is 0.417 e. The van der Waals surface area contributed by atoms with Crippen molar-refractivity contribution >= 4 is 11.1 Å². The summed E-state index contributed by atoms with van der Waals surface area (Å²) >= 11 is 0. The van der Waals surface area contributed by atoms with Crippen molar-refractivity contribution in [1.29, 1.82) is 0 Å². The number of halogens is 4. The Hall–Kier alpha value is -3.39. The van der Waals surface area contributed by atoms with Crippen LogP contribution in [-0.2, 0) is 11.8 Å². The standard InChI is InChI=1S/C27H25F4NO3/c1-25(2,20-14-19(28)10-12-22(20)34-3)16-26(33,27(29,30)31)15-24-32-21-13-18(9-11-23(21)35-24)17-7-5-4-6-8-17/h4-14,33H,15-16H2,1-3H3. The fourth-order valence-corrected chi connectivity index (χ4v) is 4.41. The fourth-order valence-electron chi connectivity index (χ4n) is 4.41. The molecule has 0 spiro atoms. The first-order valence-electron chi connectivity index (χ1n) is 11.0. The van der Waals surface area contributed by atoms with E-state index in [1.807, 2.05) is 30.3 Å². The van der Waals surface area contributed by atoms with Gasteiger partial charge in [0, 0.05) is 5.56 Å². The molecule has 0 radical (unpaired) electrons. The number of rotatable bonds is 7. The maximum absolute atomic E-state index is 14.2. The van der Waals surface area contributed by atoms with Crippen LogP contribution in [0.2, 0.25) is 0 Å². The van der Waals surface area contributed by atoms with E-state index >= 15 is 0 Å². The van der Waals surface area contributed by atoms with Gasteiger partial charge in [0.15, 0.2) is 17.1 Å². The summed E-state index contributed by atoms with van der Waals surface area (Å²) < 4.78 is 67.4. The lowest BCUT2D eigenvalue weighted by molar-refractivity contribution is -0.267. The van der Waals surface area contributed by atoms with Gasteiger partial charge in [0.2, 0.25) is 0 Å². The highest BCUT2D eigenvalue weighted by molar-refractivity contribution is 5.80. The SMILES string of the molecule is COc1ccc(F)cc1C(C)(C)CC(O)(Cc1nc2cc(-c3ccccc3)ccc2o1)C(F)(F)F. The van der Waals surface area contributed by atoms with Crippen molar-refractivity contribution in [2.75, 3.05) is 7.11 Å². The number of nitrogens with zero attached hydrogens (tertiary/aromatic N) is 1. The molecule has 0 aliphatic carbocycles. The van der Waals surface area contributed by atoms with Gasteiger partial charge in [0.1, 0.15) is 17.1 Å². The summed E-state index contributed by atoms with van der Waals surface area (Å²) in [5.74, 6) is -0.624. The molecule has 0 fully saturated rings. The molecule has 0 saturated heterocycles. The average molecular weight is 487 g/mol. The number of methoxy groups -OCH3 is 1. The van der Waals surface area contributed by atoms with E-state index in [1.54, 1.807) is 18.2 Å². The number of oxazole rings is 1. The lowest BCUT2D eigenvalue weighted by Gasteiger charge is -2.37. The van der Waals surface area contributed by atoms with Crippen LogP contribution in [0.5, 0.6) is 5.75 Å². The molecule has 3 aromatic carbocycles. The Morgan fingerprint density at radius 2 is 1.66 bits per heavy atom. The molecule has 1 heterocycles. The Morgan fingerprint density at radius 3 is 2.31 bits per heavy atom. The Kier molecular flexibility index (Phi) is 6.36. The average Bonchev–Trinajstić information content (AvgIpc) is 3.19. The van der Waals surface area contributed by atoms with Crippen molar-refractivity contribution in [3.05, 3.63) is 84.0 Å². The van der Waals surface area contributed by atoms with E-state index < -0.39 is 35.9 Å². The molecule has 0 bridgehead atoms. The molecule has 4 rings (SSSR count). The van der Waals surface area contributed by atoms with Crippen LogP contribution in [0.15, 0.2) is 71.1 Å². The highest BCUT2D eigenvalue weighted by Crippen LogP contribution is 2.45. The van der Waals surface area contributed by atoms with Gasteiger partial charge in [0.25, 0.3) is 0 Å². The number of alkyl halides is 3. The first-order chi connectivity index (χ1) is 16.4. The molecule has 0 amide bonds. The number of hydrogen-bond donors (Lipinski definition) is 1. The van der Waals surface area contributed by atoms with Crippen molar-refractivity contribution in [1.82, 2.24) is 4.98 Å². The molecule has 0 aliphatic rings. The second-order valence-electron chi connectivity index (χ2n) is 9.27. The summed E-state index contributed by atoms with van der Waals surface area (Å²) in [7, 11) is 1.35. The van der Waals surface area contributed by atoms with Gasteiger partial charge in [-0.2, -0.15) is 13.2 Å². The van der Waals surface area contributed by atoms with Gasteiger partial charge in [-0.25, -0.2) is 9.37 Å². The summed E-state index contributed by atoms with van der Waals surface area (Å²) in [5.41, 5.74) is -1.80. The molecule has 0 saturated carbocycles. The summed E-state index contributed by atoms with van der Waals surface area (Å²) in [5, 5.41) is 10.9. The molecule has 0 aliphatic heterocycles. The quantitative estimate of drug-likeness (QED) is 0.290. The van der Waals surface area contributed by atoms with Crippen LogP contribution >= 0.6 is 0 Å². The lowest BCUT2D eigenvalue weighted by Crippen LogP contribution is -2.51. The minimum Gasteiger partial charge on any atom is -0.496 e. The molecule has 4 aromatic rings. The van der Waals surface area contributed by atoms with Crippen LogP contribution in [0, 0.1) is 5.82 Å². The van der Waals surface area contributed by atoms with Crippen LogP contribution in [0.3, 0.4) is 0 Å². The molecule has 8 heteroatoms. The number of aromatic nitrogens is 1. The molecule has 4 nitrogen and oxygen atoms in total. The summed E-state index contributed by atoms with van der Waals surface area (Å²) in [6, 6.07) is 18.3. The zero-order valence-corrected chi connectivity index (χ0v) is 19.5. The maximum Gasteiger partial charge on any atom is 0.417 e. The number of aliphatic hydroxyl groups is 1. The van der Waals surface area contributed by atoms with Gasteiger partial charge < -0.3 is 14.3 Å². The second kappa shape index (κ2) is 9.00. The Labute approximate surface area is 200 Å². The van der Waals surface area contributed by atoms with Gasteiger partial charge in [0.05, 0.1) is 13.5 Å². The second-order valence-corrected chi connectivity index (χ2v) is 9.27. The molecule has 1 atom stereocenters. The highest BCUT2D eigenvalue weighted by Gasteiger charge is 2.57. The third kappa shape index (κ3) is 5.03. The fraction of sp³-hybridized carbons (Fsp3) is 0.296. The number of hydrogen-bond acceptors (Lipinski definition) is 4. The van der Waals surface area contributed by atoms with E-state index in [9.17, 15) is 22.7 Å². The Bertz CT molecular complexity index is 1330. The van der Waals surface area contributed by atoms with Gasteiger partial charge in [-0.05, 0) is 53.3 Å². The minimum absolute atomic E-state index is 0.216. The molecule has 1 N–H and O–H groups in total. The van der Waals surface area contributed by atoms with Gasteiger partial charge in [-0.1, -0.05) is 50.2 Å². The van der Waals surface area contributed by atoms with Crippen LogP contribution in [0.25, 0.3) is 22.2 Å². The first-order valence-corrected chi connectivity index (χ1v) is 11.0. The zero-order chi connectivity index (χ0) is 25.4. The van der Waals surface area contributed by atoms with Crippen molar-refractivity contribution < 1.29 is 31.8 Å². The van der Waals surface area contributed by atoms with Crippen molar-refractivity contribution in [3.8, 4) is 16.9 Å². The lowest BCUT2D eigenvalue weighted by atomic mass is 9.73. The number of ether oxygens (including phenoxy) is 1. The molecular weight excluding hydrogens is 462 g/mol. The third-order valence-electron chi connectivity index (χ3n) is 6.14. The van der Waals surface area contributed by atoms with Gasteiger partial charge >= 0.3 is 6.18 Å². The maximum atomic E-state index is 14.2. The normalized spacial score (nSPS) is 14.2. The monoisotopic (exact) mass is 487 g/mol. The minimum atomic E-state index is -5.00. The van der Waals surface area contributed by atoms with Crippen LogP contribution < -0.4 is 4.74 Å². The van der Waals surface area contributed by atoms with E-state index in [1.165, 1.54) is 27.0 Å².